The van der Waals surface area contributed by atoms with Crippen molar-refractivity contribution in [1.29, 1.82) is 0 Å². The van der Waals surface area contributed by atoms with Gasteiger partial charge in [0.1, 0.15) is 5.82 Å². The molecule has 0 radical (unpaired) electrons. The van der Waals surface area contributed by atoms with Gasteiger partial charge in [-0.3, -0.25) is 9.59 Å². The van der Waals surface area contributed by atoms with E-state index in [0.717, 1.165) is 12.8 Å². The quantitative estimate of drug-likeness (QED) is 0.776. The maximum atomic E-state index is 13.0. The van der Waals surface area contributed by atoms with Crippen LogP contribution in [-0.2, 0) is 0 Å². The third kappa shape index (κ3) is 4.44. The average Bonchev–Trinajstić information content (AvgIpc) is 3.44. The number of hydrogen-bond acceptors (Lipinski definition) is 3. The van der Waals surface area contributed by atoms with Gasteiger partial charge >= 0.3 is 0 Å². The first kappa shape index (κ1) is 19.1. The molecule has 3 rings (SSSR count). The highest BCUT2D eigenvalue weighted by molar-refractivity contribution is 6.15. The molecule has 132 valence electrons. The molecule has 1 aliphatic carbocycles. The minimum absolute atomic E-state index is 0. The summed E-state index contributed by atoms with van der Waals surface area (Å²) in [5.74, 6) is -0.591. The Morgan fingerprint density at radius 1 is 1.08 bits per heavy atom. The van der Waals surface area contributed by atoms with Gasteiger partial charge in [-0.15, -0.1) is 12.4 Å². The second-order valence-corrected chi connectivity index (χ2v) is 6.03. The fourth-order valence-corrected chi connectivity index (χ4v) is 2.75. The van der Waals surface area contributed by atoms with Crippen molar-refractivity contribution in [3.05, 3.63) is 71.0 Å². The van der Waals surface area contributed by atoms with Gasteiger partial charge in [-0.25, -0.2) is 4.39 Å². The standard InChI is InChI=1S/C19H19FN2O2.ClH/c20-14-9-7-13(8-10-14)18(23)15-3-1-2-4-16(15)19(24)22-17(11-21)12-5-6-12;/h1-4,7-10,12,17H,5-6,11,21H2,(H,22,24);1H. The Hall–Kier alpha value is -2.24. The Balaban J connectivity index is 0.00000225. The van der Waals surface area contributed by atoms with Crippen molar-refractivity contribution < 1.29 is 14.0 Å². The van der Waals surface area contributed by atoms with E-state index in [2.05, 4.69) is 5.32 Å². The molecule has 0 aromatic heterocycles. The van der Waals surface area contributed by atoms with Gasteiger partial charge in [-0.2, -0.15) is 0 Å². The molecular formula is C19H20ClFN2O2. The van der Waals surface area contributed by atoms with Gasteiger partial charge in [0.05, 0.1) is 5.56 Å². The first-order valence-electron chi connectivity index (χ1n) is 8.00. The SMILES string of the molecule is Cl.NCC(NC(=O)c1ccccc1C(=O)c1ccc(F)cc1)C1CC1. The van der Waals surface area contributed by atoms with E-state index < -0.39 is 5.82 Å². The Bertz CT molecular complexity index is 760. The summed E-state index contributed by atoms with van der Waals surface area (Å²) < 4.78 is 13.0. The average molecular weight is 363 g/mol. The largest absolute Gasteiger partial charge is 0.348 e. The first-order chi connectivity index (χ1) is 11.6. The van der Waals surface area contributed by atoms with E-state index in [0.29, 0.717) is 29.2 Å². The molecule has 25 heavy (non-hydrogen) atoms. The van der Waals surface area contributed by atoms with Crippen molar-refractivity contribution in [3.63, 3.8) is 0 Å². The second kappa shape index (κ2) is 8.23. The van der Waals surface area contributed by atoms with Crippen molar-refractivity contribution in [2.75, 3.05) is 6.54 Å². The molecule has 1 amide bonds. The van der Waals surface area contributed by atoms with Crippen LogP contribution < -0.4 is 11.1 Å². The van der Waals surface area contributed by atoms with Gasteiger partial charge in [-0.1, -0.05) is 18.2 Å². The highest BCUT2D eigenvalue weighted by atomic mass is 35.5. The molecule has 4 nitrogen and oxygen atoms in total. The van der Waals surface area contributed by atoms with Crippen LogP contribution in [0.4, 0.5) is 4.39 Å². The maximum absolute atomic E-state index is 13.0. The number of benzene rings is 2. The topological polar surface area (TPSA) is 72.2 Å². The lowest BCUT2D eigenvalue weighted by molar-refractivity contribution is 0.0923. The molecule has 3 N–H and O–H groups in total. The van der Waals surface area contributed by atoms with Crippen LogP contribution in [0.1, 0.15) is 39.1 Å². The van der Waals surface area contributed by atoms with Crippen LogP contribution in [0.5, 0.6) is 0 Å². The van der Waals surface area contributed by atoms with Crippen molar-refractivity contribution in [2.24, 2.45) is 11.7 Å². The van der Waals surface area contributed by atoms with Gasteiger partial charge in [0, 0.05) is 23.7 Å². The molecule has 1 atom stereocenters. The van der Waals surface area contributed by atoms with Gasteiger partial charge in [-0.05, 0) is 49.1 Å². The fourth-order valence-electron chi connectivity index (χ4n) is 2.75. The smallest absolute Gasteiger partial charge is 0.252 e. The van der Waals surface area contributed by atoms with Crippen LogP contribution in [0.15, 0.2) is 48.5 Å². The van der Waals surface area contributed by atoms with Crippen LogP contribution in [0.2, 0.25) is 0 Å². The number of nitrogens with two attached hydrogens (primary N) is 1. The predicted octanol–water partition coefficient (Wildman–Crippen LogP) is 2.95. The Morgan fingerprint density at radius 3 is 2.24 bits per heavy atom. The van der Waals surface area contributed by atoms with Crippen LogP contribution in [0.3, 0.4) is 0 Å². The van der Waals surface area contributed by atoms with Gasteiger partial charge < -0.3 is 11.1 Å². The summed E-state index contributed by atoms with van der Waals surface area (Å²) in [5, 5.41) is 2.92. The lowest BCUT2D eigenvalue weighted by Gasteiger charge is -2.17. The van der Waals surface area contributed by atoms with Crippen LogP contribution in [0.25, 0.3) is 0 Å². The molecule has 2 aromatic carbocycles. The normalized spacial score (nSPS) is 14.3. The highest BCUT2D eigenvalue weighted by Crippen LogP contribution is 2.32. The summed E-state index contributed by atoms with van der Waals surface area (Å²) in [6, 6.07) is 11.9. The van der Waals surface area contributed by atoms with Crippen LogP contribution in [0, 0.1) is 11.7 Å². The van der Waals surface area contributed by atoms with Crippen LogP contribution in [-0.4, -0.2) is 24.3 Å². The van der Waals surface area contributed by atoms with Crippen molar-refractivity contribution in [2.45, 2.75) is 18.9 Å². The highest BCUT2D eigenvalue weighted by Gasteiger charge is 2.32. The van der Waals surface area contributed by atoms with Gasteiger partial charge in [0.25, 0.3) is 5.91 Å². The minimum atomic E-state index is -0.409. The zero-order valence-electron chi connectivity index (χ0n) is 13.6. The van der Waals surface area contributed by atoms with E-state index in [-0.39, 0.29) is 30.1 Å². The summed E-state index contributed by atoms with van der Waals surface area (Å²) in [7, 11) is 0. The maximum Gasteiger partial charge on any atom is 0.252 e. The van der Waals surface area contributed by atoms with Gasteiger partial charge in [0.2, 0.25) is 0 Å². The molecule has 6 heteroatoms. The summed E-state index contributed by atoms with van der Waals surface area (Å²) in [6.07, 6.45) is 2.14. The van der Waals surface area contributed by atoms with Crippen molar-refractivity contribution in [1.82, 2.24) is 5.32 Å². The molecule has 2 aromatic rings. The summed E-state index contributed by atoms with van der Waals surface area (Å²) in [5.41, 5.74) is 6.68. The fraction of sp³-hybridized carbons (Fsp3) is 0.263. The molecule has 0 aliphatic heterocycles. The number of carbonyl (C=O) groups excluding carboxylic acids is 2. The van der Waals surface area contributed by atoms with Crippen molar-refractivity contribution in [3.8, 4) is 0 Å². The molecule has 1 unspecified atom stereocenters. The molecular weight excluding hydrogens is 343 g/mol. The Labute approximate surface area is 152 Å². The lowest BCUT2D eigenvalue weighted by atomic mass is 9.97. The molecule has 0 heterocycles. The number of rotatable bonds is 6. The van der Waals surface area contributed by atoms with E-state index >= 15 is 0 Å². The summed E-state index contributed by atoms with van der Waals surface area (Å²) in [4.78, 5) is 25.2. The van der Waals surface area contributed by atoms with Crippen molar-refractivity contribution >= 4 is 24.1 Å². The summed E-state index contributed by atoms with van der Waals surface area (Å²) in [6.45, 7) is 0.379. The number of carbonyl (C=O) groups is 2. The monoisotopic (exact) mass is 362 g/mol. The molecule has 1 saturated carbocycles. The number of hydrogen-bond donors (Lipinski definition) is 2. The lowest BCUT2D eigenvalue weighted by Crippen LogP contribution is -2.42. The zero-order valence-corrected chi connectivity index (χ0v) is 14.4. The van der Waals surface area contributed by atoms with E-state index in [1.165, 1.54) is 24.3 Å². The number of halogens is 2. The van der Waals surface area contributed by atoms with E-state index in [1.807, 2.05) is 0 Å². The molecule has 0 spiro atoms. The molecule has 0 bridgehead atoms. The first-order valence-corrected chi connectivity index (χ1v) is 8.00. The second-order valence-electron chi connectivity index (χ2n) is 6.03. The van der Waals surface area contributed by atoms with E-state index in [4.69, 9.17) is 5.73 Å². The third-order valence-electron chi connectivity index (χ3n) is 4.28. The third-order valence-corrected chi connectivity index (χ3v) is 4.28. The Morgan fingerprint density at radius 2 is 1.68 bits per heavy atom. The number of amides is 1. The minimum Gasteiger partial charge on any atom is -0.348 e. The number of nitrogens with one attached hydrogen (secondary N) is 1. The summed E-state index contributed by atoms with van der Waals surface area (Å²) >= 11 is 0. The molecule has 1 fully saturated rings. The van der Waals surface area contributed by atoms with Crippen LogP contribution >= 0.6 is 12.4 Å². The Kier molecular flexibility index (Phi) is 6.28. The predicted molar refractivity (Wildman–Crippen MR) is 96.6 cm³/mol. The van der Waals surface area contributed by atoms with Gasteiger partial charge in [0.15, 0.2) is 5.78 Å². The van der Waals surface area contributed by atoms with E-state index in [9.17, 15) is 14.0 Å². The zero-order chi connectivity index (χ0) is 17.1. The number of ketones is 1. The molecule has 0 saturated heterocycles. The van der Waals surface area contributed by atoms with E-state index in [1.54, 1.807) is 24.3 Å². The molecule has 1 aliphatic rings.